The second-order valence-electron chi connectivity index (χ2n) is 3.47. The summed E-state index contributed by atoms with van der Waals surface area (Å²) in [6.45, 7) is 0.129. The van der Waals surface area contributed by atoms with Crippen molar-refractivity contribution < 1.29 is 23.0 Å². The molecule has 0 amide bonds. The number of hydrogen-bond donors (Lipinski definition) is 1. The minimum atomic E-state index is -4.28. The minimum Gasteiger partial charge on any atom is -0.508 e. The van der Waals surface area contributed by atoms with Crippen molar-refractivity contribution in [3.8, 4) is 5.75 Å². The van der Waals surface area contributed by atoms with Gasteiger partial charge in [-0.25, -0.2) is 0 Å². The summed E-state index contributed by atoms with van der Waals surface area (Å²) in [5.41, 5.74) is 0.902. The van der Waals surface area contributed by atoms with Crippen LogP contribution in [0, 0.1) is 0 Å². The molecule has 0 fully saturated rings. The molecule has 0 bridgehead atoms. The monoisotopic (exact) mass is 218 g/mol. The summed E-state index contributed by atoms with van der Waals surface area (Å²) < 4.78 is 41.5. The van der Waals surface area contributed by atoms with Gasteiger partial charge in [-0.2, -0.15) is 13.2 Å². The van der Waals surface area contributed by atoms with E-state index < -0.39 is 18.7 Å². The zero-order valence-corrected chi connectivity index (χ0v) is 7.71. The van der Waals surface area contributed by atoms with Gasteiger partial charge in [0.2, 0.25) is 0 Å². The van der Waals surface area contributed by atoms with Crippen molar-refractivity contribution in [2.24, 2.45) is 0 Å². The molecule has 2 nitrogen and oxygen atoms in total. The Morgan fingerprint density at radius 2 is 2.13 bits per heavy atom. The molecule has 0 saturated heterocycles. The van der Waals surface area contributed by atoms with E-state index in [4.69, 9.17) is 4.74 Å². The summed E-state index contributed by atoms with van der Waals surface area (Å²) in [5.74, 6) is -0.126. The molecule has 0 radical (unpaired) electrons. The molecule has 0 aliphatic carbocycles. The molecule has 5 heteroatoms. The summed E-state index contributed by atoms with van der Waals surface area (Å²) in [5, 5.41) is 9.45. The average molecular weight is 218 g/mol. The molecule has 15 heavy (non-hydrogen) atoms. The van der Waals surface area contributed by atoms with Gasteiger partial charge in [-0.05, 0) is 11.6 Å². The fourth-order valence-corrected chi connectivity index (χ4v) is 1.74. The highest BCUT2D eigenvalue weighted by Crippen LogP contribution is 2.42. The zero-order chi connectivity index (χ0) is 11.1. The van der Waals surface area contributed by atoms with Gasteiger partial charge < -0.3 is 9.84 Å². The molecule has 0 saturated carbocycles. The first-order chi connectivity index (χ1) is 6.97. The summed E-state index contributed by atoms with van der Waals surface area (Å²) in [7, 11) is 0. The normalized spacial score (nSPS) is 20.3. The van der Waals surface area contributed by atoms with Crippen LogP contribution < -0.4 is 0 Å². The van der Waals surface area contributed by atoms with E-state index in [0.717, 1.165) is 0 Å². The van der Waals surface area contributed by atoms with Gasteiger partial charge in [0.25, 0.3) is 0 Å². The van der Waals surface area contributed by atoms with E-state index >= 15 is 0 Å². The highest BCUT2D eigenvalue weighted by Gasteiger charge is 2.37. The number of fused-ring (bicyclic) bond motifs is 1. The lowest BCUT2D eigenvalue weighted by Gasteiger charge is -2.14. The molecule has 1 aromatic rings. The lowest BCUT2D eigenvalue weighted by molar-refractivity contribution is -0.160. The number of rotatable bonds is 1. The maximum absolute atomic E-state index is 12.2. The molecule has 82 valence electrons. The van der Waals surface area contributed by atoms with E-state index in [9.17, 15) is 18.3 Å². The van der Waals surface area contributed by atoms with Gasteiger partial charge >= 0.3 is 6.18 Å². The van der Waals surface area contributed by atoms with Gasteiger partial charge in [0.1, 0.15) is 5.75 Å². The fourth-order valence-electron chi connectivity index (χ4n) is 1.74. The summed E-state index contributed by atoms with van der Waals surface area (Å²) in [6, 6.07) is 4.62. The third-order valence-electron chi connectivity index (χ3n) is 2.35. The number of hydrogen-bond acceptors (Lipinski definition) is 2. The second-order valence-corrected chi connectivity index (χ2v) is 3.47. The van der Waals surface area contributed by atoms with Crippen LogP contribution in [0.5, 0.6) is 5.75 Å². The summed E-state index contributed by atoms with van der Waals surface area (Å²) >= 11 is 0. The Morgan fingerprint density at radius 3 is 2.80 bits per heavy atom. The summed E-state index contributed by atoms with van der Waals surface area (Å²) in [4.78, 5) is 0. The highest BCUT2D eigenvalue weighted by atomic mass is 19.4. The number of benzene rings is 1. The van der Waals surface area contributed by atoms with Crippen LogP contribution in [0.1, 0.15) is 23.7 Å². The van der Waals surface area contributed by atoms with Crippen LogP contribution in [-0.4, -0.2) is 11.3 Å². The van der Waals surface area contributed by atoms with Gasteiger partial charge in [-0.3, -0.25) is 0 Å². The largest absolute Gasteiger partial charge is 0.508 e. The first-order valence-corrected chi connectivity index (χ1v) is 4.46. The maximum atomic E-state index is 12.2. The lowest BCUT2D eigenvalue weighted by atomic mass is 10.0. The third-order valence-corrected chi connectivity index (χ3v) is 2.35. The highest BCUT2D eigenvalue weighted by molar-refractivity contribution is 5.42. The lowest BCUT2D eigenvalue weighted by Crippen LogP contribution is -2.13. The number of alkyl halides is 3. The molecule has 1 N–H and O–H groups in total. The molecule has 1 atom stereocenters. The minimum absolute atomic E-state index is 0.126. The van der Waals surface area contributed by atoms with Gasteiger partial charge in [-0.1, -0.05) is 12.1 Å². The molecule has 1 aromatic carbocycles. The summed E-state index contributed by atoms with van der Waals surface area (Å²) in [6.07, 6.45) is -6.41. The topological polar surface area (TPSA) is 29.5 Å². The standard InChI is InChI=1S/C10H9F3O2/c11-10(12,13)4-8-9-6(5-15-8)2-1-3-7(9)14/h1-3,8,14H,4-5H2. The Kier molecular flexibility index (Phi) is 2.34. The molecule has 1 aliphatic heterocycles. The molecule has 2 rings (SSSR count). The zero-order valence-electron chi connectivity index (χ0n) is 7.71. The SMILES string of the molecule is Oc1cccc2c1C(CC(F)(F)F)OC2. The average Bonchev–Trinajstić information content (AvgIpc) is 2.47. The van der Waals surface area contributed by atoms with Crippen molar-refractivity contribution >= 4 is 0 Å². The Bertz CT molecular complexity index is 373. The molecule has 1 heterocycles. The van der Waals surface area contributed by atoms with E-state index in [1.807, 2.05) is 0 Å². The van der Waals surface area contributed by atoms with E-state index in [1.54, 1.807) is 12.1 Å². The van der Waals surface area contributed by atoms with Gasteiger partial charge in [0.05, 0.1) is 19.1 Å². The molecule has 1 aliphatic rings. The quantitative estimate of drug-likeness (QED) is 0.785. The van der Waals surface area contributed by atoms with E-state index in [0.29, 0.717) is 5.56 Å². The van der Waals surface area contributed by atoms with Gasteiger partial charge in [-0.15, -0.1) is 0 Å². The van der Waals surface area contributed by atoms with E-state index in [-0.39, 0.29) is 17.9 Å². The Balaban J connectivity index is 2.28. The van der Waals surface area contributed by atoms with Crippen LogP contribution in [0.2, 0.25) is 0 Å². The van der Waals surface area contributed by atoms with Crippen LogP contribution in [0.15, 0.2) is 18.2 Å². The van der Waals surface area contributed by atoms with Gasteiger partial charge in [0, 0.05) is 5.56 Å². The third kappa shape index (κ3) is 2.07. The van der Waals surface area contributed by atoms with Crippen LogP contribution in [0.3, 0.4) is 0 Å². The molecule has 0 spiro atoms. The van der Waals surface area contributed by atoms with Crippen LogP contribution >= 0.6 is 0 Å². The van der Waals surface area contributed by atoms with E-state index in [2.05, 4.69) is 0 Å². The predicted octanol–water partition coefficient (Wildman–Crippen LogP) is 2.92. The molecular formula is C10H9F3O2. The van der Waals surface area contributed by atoms with Crippen molar-refractivity contribution in [1.82, 2.24) is 0 Å². The number of phenolic OH excluding ortho intramolecular Hbond substituents is 1. The number of ether oxygens (including phenoxy) is 1. The first kappa shape index (κ1) is 10.3. The van der Waals surface area contributed by atoms with Gasteiger partial charge in [0.15, 0.2) is 0 Å². The number of halogens is 3. The first-order valence-electron chi connectivity index (χ1n) is 4.46. The Morgan fingerprint density at radius 1 is 1.40 bits per heavy atom. The van der Waals surface area contributed by atoms with E-state index in [1.165, 1.54) is 6.07 Å². The van der Waals surface area contributed by atoms with Crippen molar-refractivity contribution in [1.29, 1.82) is 0 Å². The Labute approximate surface area is 84.3 Å². The molecule has 0 aromatic heterocycles. The maximum Gasteiger partial charge on any atom is 0.391 e. The van der Waals surface area contributed by atoms with Crippen molar-refractivity contribution in [3.05, 3.63) is 29.3 Å². The van der Waals surface area contributed by atoms with Crippen LogP contribution in [-0.2, 0) is 11.3 Å². The van der Waals surface area contributed by atoms with Crippen LogP contribution in [0.4, 0.5) is 13.2 Å². The predicted molar refractivity (Wildman–Crippen MR) is 46.3 cm³/mol. The number of aromatic hydroxyl groups is 1. The second kappa shape index (κ2) is 3.41. The van der Waals surface area contributed by atoms with Crippen molar-refractivity contribution in [2.75, 3.05) is 0 Å². The molecular weight excluding hydrogens is 209 g/mol. The van der Waals surface area contributed by atoms with Crippen molar-refractivity contribution in [3.63, 3.8) is 0 Å². The fraction of sp³-hybridized carbons (Fsp3) is 0.400. The Hall–Kier alpha value is -1.23. The van der Waals surface area contributed by atoms with Crippen molar-refractivity contribution in [2.45, 2.75) is 25.3 Å². The van der Waals surface area contributed by atoms with Crippen LogP contribution in [0.25, 0.3) is 0 Å². The molecule has 1 unspecified atom stereocenters. The number of phenols is 1. The smallest absolute Gasteiger partial charge is 0.391 e.